The van der Waals surface area contributed by atoms with Gasteiger partial charge in [0.25, 0.3) is 0 Å². The second kappa shape index (κ2) is 6.49. The van der Waals surface area contributed by atoms with Gasteiger partial charge in [0.1, 0.15) is 0 Å². The molecule has 0 aliphatic carbocycles. The lowest BCUT2D eigenvalue weighted by molar-refractivity contribution is -0.115. The number of hydrogen-bond donors (Lipinski definition) is 1. The molecule has 0 aliphatic rings. The standard InChI is InChI=1S/C15H16N2O3S/c1-9-13(21-10(2)16-9)8-14(18)17-12-6-4-5-11(7-12)15(19)20-3/h4-7H,8H2,1-3H3,(H,17,18). The Hall–Kier alpha value is -2.21. The summed E-state index contributed by atoms with van der Waals surface area (Å²) in [6.45, 7) is 3.81. The number of benzene rings is 1. The normalized spacial score (nSPS) is 10.2. The molecule has 0 unspecified atom stereocenters. The first-order valence-electron chi connectivity index (χ1n) is 6.40. The Morgan fingerprint density at radius 1 is 1.33 bits per heavy atom. The number of carbonyl (C=O) groups is 2. The van der Waals surface area contributed by atoms with Crippen LogP contribution in [0.1, 0.15) is 25.9 Å². The molecule has 110 valence electrons. The Bertz CT molecular complexity index is 679. The predicted molar refractivity (Wildman–Crippen MR) is 81.7 cm³/mol. The summed E-state index contributed by atoms with van der Waals surface area (Å²) in [7, 11) is 1.32. The Morgan fingerprint density at radius 3 is 2.71 bits per heavy atom. The van der Waals surface area contributed by atoms with Crippen molar-refractivity contribution >= 4 is 28.9 Å². The van der Waals surface area contributed by atoms with Crippen LogP contribution >= 0.6 is 11.3 Å². The molecule has 0 saturated heterocycles. The van der Waals surface area contributed by atoms with Crippen LogP contribution in [0.5, 0.6) is 0 Å². The van der Waals surface area contributed by atoms with E-state index in [-0.39, 0.29) is 12.3 Å². The van der Waals surface area contributed by atoms with Crippen molar-refractivity contribution in [3.05, 3.63) is 45.4 Å². The quantitative estimate of drug-likeness (QED) is 0.882. The number of esters is 1. The highest BCUT2D eigenvalue weighted by atomic mass is 32.1. The lowest BCUT2D eigenvalue weighted by atomic mass is 10.2. The third kappa shape index (κ3) is 3.88. The average molecular weight is 304 g/mol. The Balaban J connectivity index is 2.06. The van der Waals surface area contributed by atoms with Gasteiger partial charge >= 0.3 is 5.97 Å². The van der Waals surface area contributed by atoms with Crippen molar-refractivity contribution in [2.45, 2.75) is 20.3 Å². The topological polar surface area (TPSA) is 68.3 Å². The first-order chi connectivity index (χ1) is 9.99. The van der Waals surface area contributed by atoms with E-state index in [1.54, 1.807) is 24.3 Å². The number of carbonyl (C=O) groups excluding carboxylic acids is 2. The number of nitrogens with one attached hydrogen (secondary N) is 1. The number of methoxy groups -OCH3 is 1. The smallest absolute Gasteiger partial charge is 0.337 e. The van der Waals surface area contributed by atoms with E-state index in [0.717, 1.165) is 15.6 Å². The molecule has 0 atom stereocenters. The molecule has 6 heteroatoms. The van der Waals surface area contributed by atoms with Gasteiger partial charge in [-0.15, -0.1) is 11.3 Å². The minimum atomic E-state index is -0.431. The van der Waals surface area contributed by atoms with Crippen LogP contribution in [-0.4, -0.2) is 24.0 Å². The molecule has 0 radical (unpaired) electrons. The zero-order valence-corrected chi connectivity index (χ0v) is 12.9. The molecular weight excluding hydrogens is 288 g/mol. The number of ether oxygens (including phenoxy) is 1. The number of nitrogens with zero attached hydrogens (tertiary/aromatic N) is 1. The fourth-order valence-electron chi connectivity index (χ4n) is 1.93. The van der Waals surface area contributed by atoms with Gasteiger partial charge in [-0.1, -0.05) is 6.07 Å². The van der Waals surface area contributed by atoms with Gasteiger partial charge < -0.3 is 10.1 Å². The summed E-state index contributed by atoms with van der Waals surface area (Å²) in [4.78, 5) is 28.7. The molecule has 0 fully saturated rings. The molecule has 2 aromatic rings. The Kier molecular flexibility index (Phi) is 4.70. The van der Waals surface area contributed by atoms with E-state index < -0.39 is 5.97 Å². The maximum absolute atomic E-state index is 12.0. The molecule has 0 spiro atoms. The fourth-order valence-corrected chi connectivity index (χ4v) is 2.87. The van der Waals surface area contributed by atoms with Crippen LogP contribution in [0.25, 0.3) is 0 Å². The largest absolute Gasteiger partial charge is 0.465 e. The molecule has 0 saturated carbocycles. The molecule has 0 bridgehead atoms. The first-order valence-corrected chi connectivity index (χ1v) is 7.22. The SMILES string of the molecule is COC(=O)c1cccc(NC(=O)Cc2sc(C)nc2C)c1. The number of aryl methyl sites for hydroxylation is 2. The van der Waals surface area contributed by atoms with E-state index in [9.17, 15) is 9.59 Å². The van der Waals surface area contributed by atoms with E-state index in [0.29, 0.717) is 11.3 Å². The average Bonchev–Trinajstić information content (AvgIpc) is 2.76. The van der Waals surface area contributed by atoms with Gasteiger partial charge in [0.2, 0.25) is 5.91 Å². The van der Waals surface area contributed by atoms with Gasteiger partial charge in [0, 0.05) is 10.6 Å². The summed E-state index contributed by atoms with van der Waals surface area (Å²) in [5.74, 6) is -0.566. The highest BCUT2D eigenvalue weighted by molar-refractivity contribution is 7.11. The number of thiazole rings is 1. The van der Waals surface area contributed by atoms with E-state index >= 15 is 0 Å². The maximum atomic E-state index is 12.0. The van der Waals surface area contributed by atoms with Crippen molar-refractivity contribution in [3.8, 4) is 0 Å². The molecule has 21 heavy (non-hydrogen) atoms. The van der Waals surface area contributed by atoms with Crippen LogP contribution in [0, 0.1) is 13.8 Å². The van der Waals surface area contributed by atoms with Gasteiger partial charge in [-0.25, -0.2) is 9.78 Å². The highest BCUT2D eigenvalue weighted by Gasteiger charge is 2.11. The molecular formula is C15H16N2O3S. The zero-order valence-electron chi connectivity index (χ0n) is 12.1. The summed E-state index contributed by atoms with van der Waals surface area (Å²) in [5.41, 5.74) is 1.86. The van der Waals surface area contributed by atoms with Crippen LogP contribution < -0.4 is 5.32 Å². The lowest BCUT2D eigenvalue weighted by Crippen LogP contribution is -2.14. The summed E-state index contributed by atoms with van der Waals surface area (Å²) in [6, 6.07) is 6.66. The number of aromatic nitrogens is 1. The summed E-state index contributed by atoms with van der Waals surface area (Å²) in [6.07, 6.45) is 0.278. The lowest BCUT2D eigenvalue weighted by Gasteiger charge is -2.06. The minimum Gasteiger partial charge on any atom is -0.465 e. The maximum Gasteiger partial charge on any atom is 0.337 e. The van der Waals surface area contributed by atoms with Crippen LogP contribution in [0.3, 0.4) is 0 Å². The number of amides is 1. The molecule has 1 heterocycles. The van der Waals surface area contributed by atoms with E-state index in [1.165, 1.54) is 18.4 Å². The van der Waals surface area contributed by atoms with Gasteiger partial charge in [-0.3, -0.25) is 4.79 Å². The van der Waals surface area contributed by atoms with Crippen LogP contribution in [0.15, 0.2) is 24.3 Å². The minimum absolute atomic E-state index is 0.135. The van der Waals surface area contributed by atoms with Crippen LogP contribution in [0.4, 0.5) is 5.69 Å². The summed E-state index contributed by atoms with van der Waals surface area (Å²) >= 11 is 1.52. The number of rotatable bonds is 4. The van der Waals surface area contributed by atoms with E-state index in [4.69, 9.17) is 0 Å². The Morgan fingerprint density at radius 2 is 2.10 bits per heavy atom. The molecule has 1 N–H and O–H groups in total. The molecule has 1 aromatic heterocycles. The van der Waals surface area contributed by atoms with E-state index in [2.05, 4.69) is 15.0 Å². The molecule has 1 aromatic carbocycles. The van der Waals surface area contributed by atoms with Gasteiger partial charge in [0.05, 0.1) is 29.8 Å². The molecule has 5 nitrogen and oxygen atoms in total. The predicted octanol–water partition coefficient (Wildman–Crippen LogP) is 2.73. The number of anilines is 1. The summed E-state index contributed by atoms with van der Waals surface area (Å²) in [5, 5.41) is 3.73. The third-order valence-electron chi connectivity index (χ3n) is 2.89. The fraction of sp³-hybridized carbons (Fsp3) is 0.267. The monoisotopic (exact) mass is 304 g/mol. The third-order valence-corrected chi connectivity index (χ3v) is 3.96. The molecule has 0 aliphatic heterocycles. The molecule has 2 rings (SSSR count). The van der Waals surface area contributed by atoms with Crippen molar-refractivity contribution in [2.24, 2.45) is 0 Å². The molecule has 1 amide bonds. The van der Waals surface area contributed by atoms with Gasteiger partial charge in [0.15, 0.2) is 0 Å². The highest BCUT2D eigenvalue weighted by Crippen LogP contribution is 2.18. The summed E-state index contributed by atoms with van der Waals surface area (Å²) < 4.78 is 4.65. The van der Waals surface area contributed by atoms with Crippen molar-refractivity contribution < 1.29 is 14.3 Å². The second-order valence-electron chi connectivity index (χ2n) is 4.54. The van der Waals surface area contributed by atoms with Crippen LogP contribution in [0.2, 0.25) is 0 Å². The van der Waals surface area contributed by atoms with Crippen molar-refractivity contribution in [1.82, 2.24) is 4.98 Å². The van der Waals surface area contributed by atoms with Crippen molar-refractivity contribution in [2.75, 3.05) is 12.4 Å². The Labute approximate surface area is 127 Å². The zero-order chi connectivity index (χ0) is 15.4. The second-order valence-corrected chi connectivity index (χ2v) is 5.83. The van der Waals surface area contributed by atoms with Gasteiger partial charge in [-0.05, 0) is 32.0 Å². The van der Waals surface area contributed by atoms with E-state index in [1.807, 2.05) is 13.8 Å². The van der Waals surface area contributed by atoms with Crippen molar-refractivity contribution in [3.63, 3.8) is 0 Å². The van der Waals surface area contributed by atoms with Crippen LogP contribution in [-0.2, 0) is 16.0 Å². The first kappa shape index (κ1) is 15.2. The van der Waals surface area contributed by atoms with Gasteiger partial charge in [-0.2, -0.15) is 0 Å². The number of hydrogen-bond acceptors (Lipinski definition) is 5. The van der Waals surface area contributed by atoms with Crippen molar-refractivity contribution in [1.29, 1.82) is 0 Å².